The topological polar surface area (TPSA) is 12.9 Å². The van der Waals surface area contributed by atoms with Crippen molar-refractivity contribution in [3.8, 4) is 0 Å². The summed E-state index contributed by atoms with van der Waals surface area (Å²) >= 11 is 0. The highest BCUT2D eigenvalue weighted by Gasteiger charge is 2.38. The third-order valence-corrected chi connectivity index (χ3v) is 3.14. The minimum absolute atomic E-state index is 0.0645. The number of hydrogen-bond acceptors (Lipinski definition) is 1. The van der Waals surface area contributed by atoms with Gasteiger partial charge in [-0.1, -0.05) is 41.5 Å². The smallest absolute Gasteiger partial charge is 0.260 e. The van der Waals surface area contributed by atoms with Crippen LogP contribution < -0.4 is 0 Å². The van der Waals surface area contributed by atoms with E-state index in [-0.39, 0.29) is 16.7 Å². The molecule has 0 amide bonds. The molecule has 4 heteroatoms. The number of nitrogens with zero attached hydrogens (tertiary/aromatic N) is 1. The molecule has 0 saturated heterocycles. The Morgan fingerprint density at radius 1 is 0.895 bits per heavy atom. The molecule has 0 N–H and O–H groups in total. The van der Waals surface area contributed by atoms with Crippen LogP contribution in [0.25, 0.3) is 0 Å². The number of alkyl halides is 3. The monoisotopic (exact) mass is 273 g/mol. The maximum absolute atomic E-state index is 12.5. The van der Waals surface area contributed by atoms with Crippen LogP contribution in [0, 0.1) is 10.8 Å². The van der Waals surface area contributed by atoms with Gasteiger partial charge >= 0.3 is 6.18 Å². The Morgan fingerprint density at radius 2 is 1.37 bits per heavy atom. The minimum Gasteiger partial charge on any atom is -0.260 e. The van der Waals surface area contributed by atoms with Crippen molar-refractivity contribution in [3.63, 3.8) is 0 Å². The summed E-state index contributed by atoms with van der Waals surface area (Å²) in [4.78, 5) is 4.06. The first-order valence-electron chi connectivity index (χ1n) is 6.36. The van der Waals surface area contributed by atoms with Crippen molar-refractivity contribution in [1.82, 2.24) is 4.98 Å². The summed E-state index contributed by atoms with van der Waals surface area (Å²) in [7, 11) is 0. The summed E-state index contributed by atoms with van der Waals surface area (Å²) in [5, 5.41) is 0. The minimum atomic E-state index is -4.33. The summed E-state index contributed by atoms with van der Waals surface area (Å²) in [6, 6.07) is 2.62. The number of pyridine rings is 1. The molecule has 0 aliphatic carbocycles. The summed E-state index contributed by atoms with van der Waals surface area (Å²) < 4.78 is 37.6. The molecule has 1 aromatic rings. The predicted octanol–water partition coefficient (Wildman–Crippen LogP) is 5.28. The molecule has 0 aliphatic rings. The lowest BCUT2D eigenvalue weighted by molar-refractivity contribution is -0.137. The molecule has 1 heterocycles. The summed E-state index contributed by atoms with van der Waals surface area (Å²) in [6.07, 6.45) is -3.40. The van der Waals surface area contributed by atoms with Crippen LogP contribution in [-0.2, 0) is 6.18 Å². The molecular formula is C15H22F3N. The average Bonchev–Trinajstić information content (AvgIpc) is 2.12. The lowest BCUT2D eigenvalue weighted by Gasteiger charge is -2.40. The first-order valence-corrected chi connectivity index (χ1v) is 6.36. The van der Waals surface area contributed by atoms with E-state index in [9.17, 15) is 13.2 Å². The summed E-state index contributed by atoms with van der Waals surface area (Å²) in [6.45, 7) is 12.5. The van der Waals surface area contributed by atoms with Gasteiger partial charge in [0.2, 0.25) is 0 Å². The van der Waals surface area contributed by atoms with E-state index in [1.807, 2.05) is 0 Å². The SMILES string of the molecule is CC(C)(C)C(c1ccc(C(F)(F)F)cn1)C(C)(C)C. The molecule has 0 unspecified atom stereocenters. The Labute approximate surface area is 113 Å². The van der Waals surface area contributed by atoms with Crippen molar-refractivity contribution < 1.29 is 13.2 Å². The van der Waals surface area contributed by atoms with Crippen LogP contribution in [0.5, 0.6) is 0 Å². The Kier molecular flexibility index (Phi) is 4.04. The number of hydrogen-bond donors (Lipinski definition) is 0. The lowest BCUT2D eigenvalue weighted by atomic mass is 9.65. The fraction of sp³-hybridized carbons (Fsp3) is 0.667. The average molecular weight is 273 g/mol. The second kappa shape index (κ2) is 4.80. The van der Waals surface area contributed by atoms with E-state index in [0.717, 1.165) is 12.3 Å². The third-order valence-electron chi connectivity index (χ3n) is 3.14. The van der Waals surface area contributed by atoms with Crippen molar-refractivity contribution in [1.29, 1.82) is 0 Å². The largest absolute Gasteiger partial charge is 0.417 e. The molecule has 0 bridgehead atoms. The van der Waals surface area contributed by atoms with Gasteiger partial charge in [0.15, 0.2) is 0 Å². The lowest BCUT2D eigenvalue weighted by Crippen LogP contribution is -2.31. The van der Waals surface area contributed by atoms with Gasteiger partial charge in [0, 0.05) is 17.8 Å². The Balaban J connectivity index is 3.20. The van der Waals surface area contributed by atoms with Crippen molar-refractivity contribution in [3.05, 3.63) is 29.6 Å². The molecule has 1 nitrogen and oxygen atoms in total. The van der Waals surface area contributed by atoms with Crippen LogP contribution in [0.4, 0.5) is 13.2 Å². The zero-order chi connectivity index (χ0) is 15.1. The molecule has 0 aromatic carbocycles. The van der Waals surface area contributed by atoms with Gasteiger partial charge in [0.1, 0.15) is 0 Å². The zero-order valence-electron chi connectivity index (χ0n) is 12.4. The fourth-order valence-corrected chi connectivity index (χ4v) is 2.93. The molecule has 19 heavy (non-hydrogen) atoms. The van der Waals surface area contributed by atoms with Crippen LogP contribution >= 0.6 is 0 Å². The van der Waals surface area contributed by atoms with Gasteiger partial charge in [-0.15, -0.1) is 0 Å². The molecule has 1 aromatic heterocycles. The van der Waals surface area contributed by atoms with Gasteiger partial charge in [0.25, 0.3) is 0 Å². The third kappa shape index (κ3) is 3.95. The molecule has 108 valence electrons. The van der Waals surface area contributed by atoms with E-state index in [2.05, 4.69) is 46.5 Å². The number of rotatable bonds is 1. The van der Waals surface area contributed by atoms with E-state index in [0.29, 0.717) is 5.69 Å². The number of aromatic nitrogens is 1. The fourth-order valence-electron chi connectivity index (χ4n) is 2.93. The quantitative estimate of drug-likeness (QED) is 0.678. The van der Waals surface area contributed by atoms with E-state index in [1.54, 1.807) is 0 Å². The van der Waals surface area contributed by atoms with Crippen molar-refractivity contribution in [2.75, 3.05) is 0 Å². The summed E-state index contributed by atoms with van der Waals surface area (Å²) in [5.41, 5.74) is -0.110. The molecular weight excluding hydrogens is 251 g/mol. The van der Waals surface area contributed by atoms with Gasteiger partial charge < -0.3 is 0 Å². The predicted molar refractivity (Wildman–Crippen MR) is 70.9 cm³/mol. The first-order chi connectivity index (χ1) is 8.33. The molecule has 0 saturated carbocycles. The number of halogens is 3. The molecule has 0 radical (unpaired) electrons. The van der Waals surface area contributed by atoms with Crippen LogP contribution in [0.2, 0.25) is 0 Å². The van der Waals surface area contributed by atoms with Gasteiger partial charge in [0.05, 0.1) is 5.56 Å². The summed E-state index contributed by atoms with van der Waals surface area (Å²) in [5.74, 6) is 0.0854. The van der Waals surface area contributed by atoms with E-state index in [1.165, 1.54) is 6.07 Å². The molecule has 0 fully saturated rings. The van der Waals surface area contributed by atoms with Crippen molar-refractivity contribution in [2.24, 2.45) is 10.8 Å². The second-order valence-corrected chi connectivity index (χ2v) is 7.13. The molecule has 0 spiro atoms. The normalized spacial score (nSPS) is 14.0. The highest BCUT2D eigenvalue weighted by Crippen LogP contribution is 2.46. The first kappa shape index (κ1) is 16.0. The maximum atomic E-state index is 12.5. The van der Waals surface area contributed by atoms with E-state index < -0.39 is 11.7 Å². The van der Waals surface area contributed by atoms with Crippen LogP contribution in [-0.4, -0.2) is 4.98 Å². The molecule has 0 aliphatic heterocycles. The highest BCUT2D eigenvalue weighted by molar-refractivity contribution is 5.22. The standard InChI is InChI=1S/C15H22F3N/c1-13(2,3)12(14(4,5)6)11-8-7-10(9-19-11)15(16,17)18/h7-9,12H,1-6H3. The molecule has 0 atom stereocenters. The maximum Gasteiger partial charge on any atom is 0.417 e. The van der Waals surface area contributed by atoms with E-state index >= 15 is 0 Å². The Morgan fingerprint density at radius 3 is 1.63 bits per heavy atom. The van der Waals surface area contributed by atoms with Gasteiger partial charge in [-0.3, -0.25) is 4.98 Å². The molecule has 1 rings (SSSR count). The van der Waals surface area contributed by atoms with Crippen molar-refractivity contribution in [2.45, 2.75) is 53.6 Å². The van der Waals surface area contributed by atoms with Gasteiger partial charge in [-0.2, -0.15) is 13.2 Å². The van der Waals surface area contributed by atoms with Crippen molar-refractivity contribution >= 4 is 0 Å². The van der Waals surface area contributed by atoms with Gasteiger partial charge in [-0.25, -0.2) is 0 Å². The van der Waals surface area contributed by atoms with Crippen LogP contribution in [0.15, 0.2) is 18.3 Å². The van der Waals surface area contributed by atoms with Crippen LogP contribution in [0.1, 0.15) is 58.7 Å². The zero-order valence-corrected chi connectivity index (χ0v) is 12.4. The Bertz CT molecular complexity index is 405. The van der Waals surface area contributed by atoms with E-state index in [4.69, 9.17) is 0 Å². The second-order valence-electron chi connectivity index (χ2n) is 7.13. The van der Waals surface area contributed by atoms with Crippen LogP contribution in [0.3, 0.4) is 0 Å². The van der Waals surface area contributed by atoms with Gasteiger partial charge in [-0.05, 0) is 23.0 Å². The Hall–Kier alpha value is -1.06. The highest BCUT2D eigenvalue weighted by atomic mass is 19.4.